The van der Waals surface area contributed by atoms with Crippen molar-refractivity contribution >= 4 is 17.8 Å². The first kappa shape index (κ1) is 17.0. The second kappa shape index (κ2) is 7.38. The molecule has 0 unspecified atom stereocenters. The van der Waals surface area contributed by atoms with Crippen molar-refractivity contribution in [1.82, 2.24) is 14.5 Å². The van der Waals surface area contributed by atoms with Gasteiger partial charge in [0.2, 0.25) is 11.9 Å². The van der Waals surface area contributed by atoms with Crippen LogP contribution in [0.25, 0.3) is 5.69 Å². The van der Waals surface area contributed by atoms with Crippen molar-refractivity contribution in [2.45, 2.75) is 13.3 Å². The number of esters is 1. The number of ether oxygens (including phenoxy) is 1. The SMILES string of the molecule is COC(=O)CC(=O)N1CCN(c2nccn2-c2ccc(C)cc2)CC1. The molecule has 1 amide bonds. The zero-order valence-electron chi connectivity index (χ0n) is 14.5. The smallest absolute Gasteiger partial charge is 0.315 e. The Morgan fingerprint density at radius 2 is 1.80 bits per heavy atom. The van der Waals surface area contributed by atoms with Crippen LogP contribution in [0.1, 0.15) is 12.0 Å². The Kier molecular flexibility index (Phi) is 5.02. The van der Waals surface area contributed by atoms with Gasteiger partial charge < -0.3 is 14.5 Å². The number of nitrogens with zero attached hydrogens (tertiary/aromatic N) is 4. The van der Waals surface area contributed by atoms with E-state index in [0.717, 1.165) is 11.6 Å². The molecule has 1 saturated heterocycles. The van der Waals surface area contributed by atoms with Crippen molar-refractivity contribution in [3.8, 4) is 5.69 Å². The lowest BCUT2D eigenvalue weighted by Gasteiger charge is -2.35. The van der Waals surface area contributed by atoms with Crippen molar-refractivity contribution in [2.75, 3.05) is 38.2 Å². The molecule has 0 saturated carbocycles. The normalized spacial score (nSPS) is 14.5. The molecule has 2 heterocycles. The molecule has 2 aromatic rings. The lowest BCUT2D eigenvalue weighted by Crippen LogP contribution is -2.49. The van der Waals surface area contributed by atoms with E-state index in [4.69, 9.17) is 0 Å². The highest BCUT2D eigenvalue weighted by Crippen LogP contribution is 2.20. The molecule has 0 radical (unpaired) electrons. The van der Waals surface area contributed by atoms with Crippen molar-refractivity contribution in [1.29, 1.82) is 0 Å². The predicted molar refractivity (Wildman–Crippen MR) is 93.7 cm³/mol. The van der Waals surface area contributed by atoms with E-state index >= 15 is 0 Å². The number of piperazine rings is 1. The summed E-state index contributed by atoms with van der Waals surface area (Å²) in [6.07, 6.45) is 3.52. The van der Waals surface area contributed by atoms with Gasteiger partial charge in [0, 0.05) is 44.3 Å². The maximum absolute atomic E-state index is 12.1. The van der Waals surface area contributed by atoms with Crippen molar-refractivity contribution in [3.63, 3.8) is 0 Å². The first-order valence-electron chi connectivity index (χ1n) is 8.28. The van der Waals surface area contributed by atoms with Crippen molar-refractivity contribution < 1.29 is 14.3 Å². The zero-order chi connectivity index (χ0) is 17.8. The van der Waals surface area contributed by atoms with Crippen LogP contribution in [0.5, 0.6) is 0 Å². The molecule has 0 atom stereocenters. The van der Waals surface area contributed by atoms with Gasteiger partial charge in [-0.3, -0.25) is 14.2 Å². The van der Waals surface area contributed by atoms with Crippen molar-refractivity contribution in [3.05, 3.63) is 42.2 Å². The highest BCUT2D eigenvalue weighted by molar-refractivity contribution is 5.94. The second-order valence-electron chi connectivity index (χ2n) is 6.05. The van der Waals surface area contributed by atoms with Crippen LogP contribution in [0.15, 0.2) is 36.7 Å². The van der Waals surface area contributed by atoms with Gasteiger partial charge in [0.15, 0.2) is 0 Å². The summed E-state index contributed by atoms with van der Waals surface area (Å²) in [5, 5.41) is 0. The number of hydrogen-bond donors (Lipinski definition) is 0. The summed E-state index contributed by atoms with van der Waals surface area (Å²) in [5.74, 6) is 0.180. The molecule has 1 aromatic heterocycles. The summed E-state index contributed by atoms with van der Waals surface area (Å²) >= 11 is 0. The van der Waals surface area contributed by atoms with Gasteiger partial charge in [-0.05, 0) is 19.1 Å². The van der Waals surface area contributed by atoms with Gasteiger partial charge in [0.05, 0.1) is 7.11 Å². The van der Waals surface area contributed by atoms with Crippen LogP contribution < -0.4 is 4.90 Å². The van der Waals surface area contributed by atoms with Gasteiger partial charge in [0.25, 0.3) is 0 Å². The lowest BCUT2D eigenvalue weighted by atomic mass is 10.2. The Hall–Kier alpha value is -2.83. The molecule has 0 N–H and O–H groups in total. The van der Waals surface area contributed by atoms with Crippen LogP contribution in [0, 0.1) is 6.92 Å². The number of aromatic nitrogens is 2. The summed E-state index contributed by atoms with van der Waals surface area (Å²) in [6, 6.07) is 8.28. The van der Waals surface area contributed by atoms with E-state index in [-0.39, 0.29) is 12.3 Å². The van der Waals surface area contributed by atoms with Crippen LogP contribution in [0.2, 0.25) is 0 Å². The first-order valence-corrected chi connectivity index (χ1v) is 8.28. The summed E-state index contributed by atoms with van der Waals surface area (Å²) < 4.78 is 6.60. The molecule has 1 fully saturated rings. The number of aryl methyl sites for hydroxylation is 1. The Balaban J connectivity index is 1.66. The first-order chi connectivity index (χ1) is 12.1. The number of carbonyl (C=O) groups is 2. The number of amides is 1. The molecule has 0 aliphatic carbocycles. The average molecular weight is 342 g/mol. The van der Waals surface area contributed by atoms with E-state index in [1.807, 2.05) is 10.8 Å². The molecule has 7 nitrogen and oxygen atoms in total. The maximum atomic E-state index is 12.1. The fraction of sp³-hybridized carbons (Fsp3) is 0.389. The third kappa shape index (κ3) is 3.81. The highest BCUT2D eigenvalue weighted by atomic mass is 16.5. The minimum Gasteiger partial charge on any atom is -0.469 e. The van der Waals surface area contributed by atoms with Crippen LogP contribution in [0.3, 0.4) is 0 Å². The Labute approximate surface area is 146 Å². The van der Waals surface area contributed by atoms with Gasteiger partial charge in [-0.1, -0.05) is 17.7 Å². The molecule has 3 rings (SSSR count). The lowest BCUT2D eigenvalue weighted by molar-refractivity contribution is -0.146. The molecule has 1 aromatic carbocycles. The molecule has 0 bridgehead atoms. The monoisotopic (exact) mass is 342 g/mol. The fourth-order valence-corrected chi connectivity index (χ4v) is 2.90. The molecule has 1 aliphatic heterocycles. The molecular weight excluding hydrogens is 320 g/mol. The molecule has 132 valence electrons. The van der Waals surface area contributed by atoms with Crippen molar-refractivity contribution in [2.24, 2.45) is 0 Å². The predicted octanol–water partition coefficient (Wildman–Crippen LogP) is 1.39. The molecule has 7 heteroatoms. The van der Waals surface area contributed by atoms with Crippen LogP contribution in [-0.4, -0.2) is 59.6 Å². The van der Waals surface area contributed by atoms with E-state index in [1.165, 1.54) is 12.7 Å². The standard InChI is InChI=1S/C18H22N4O3/c1-14-3-5-15(6-4-14)22-8-7-19-18(22)21-11-9-20(10-12-21)16(23)13-17(24)25-2/h3-8H,9-13H2,1-2H3. The Morgan fingerprint density at radius 3 is 2.44 bits per heavy atom. The number of methoxy groups -OCH3 is 1. The summed E-state index contributed by atoms with van der Waals surface area (Å²) in [6.45, 7) is 4.54. The number of anilines is 1. The fourth-order valence-electron chi connectivity index (χ4n) is 2.90. The molecular formula is C18H22N4O3. The maximum Gasteiger partial charge on any atom is 0.315 e. The van der Waals surface area contributed by atoms with Gasteiger partial charge in [-0.2, -0.15) is 0 Å². The summed E-state index contributed by atoms with van der Waals surface area (Å²) in [4.78, 5) is 31.7. The van der Waals surface area contributed by atoms with Gasteiger partial charge in [0.1, 0.15) is 6.42 Å². The van der Waals surface area contributed by atoms with E-state index in [1.54, 1.807) is 11.1 Å². The summed E-state index contributed by atoms with van der Waals surface area (Å²) in [7, 11) is 1.29. The third-order valence-electron chi connectivity index (χ3n) is 4.37. The number of carbonyl (C=O) groups excluding carboxylic acids is 2. The van der Waals surface area contributed by atoms with Crippen LogP contribution in [-0.2, 0) is 14.3 Å². The second-order valence-corrected chi connectivity index (χ2v) is 6.05. The topological polar surface area (TPSA) is 67.7 Å². The Morgan fingerprint density at radius 1 is 1.12 bits per heavy atom. The third-order valence-corrected chi connectivity index (χ3v) is 4.37. The molecule has 25 heavy (non-hydrogen) atoms. The average Bonchev–Trinajstić information content (AvgIpc) is 3.12. The van der Waals surface area contributed by atoms with E-state index in [2.05, 4.69) is 45.8 Å². The molecule has 0 spiro atoms. The number of hydrogen-bond acceptors (Lipinski definition) is 5. The minimum atomic E-state index is -0.498. The number of benzene rings is 1. The minimum absolute atomic E-state index is 0.187. The van der Waals surface area contributed by atoms with Crippen LogP contribution >= 0.6 is 0 Å². The number of imidazole rings is 1. The van der Waals surface area contributed by atoms with Gasteiger partial charge in [-0.15, -0.1) is 0 Å². The van der Waals surface area contributed by atoms with Crippen LogP contribution in [0.4, 0.5) is 5.95 Å². The quantitative estimate of drug-likeness (QED) is 0.620. The van der Waals surface area contributed by atoms with E-state index in [9.17, 15) is 9.59 Å². The van der Waals surface area contributed by atoms with E-state index in [0.29, 0.717) is 26.2 Å². The van der Waals surface area contributed by atoms with Gasteiger partial charge >= 0.3 is 5.97 Å². The van der Waals surface area contributed by atoms with E-state index < -0.39 is 5.97 Å². The summed E-state index contributed by atoms with van der Waals surface area (Å²) in [5.41, 5.74) is 2.27. The zero-order valence-corrected chi connectivity index (χ0v) is 14.5. The highest BCUT2D eigenvalue weighted by Gasteiger charge is 2.25. The largest absolute Gasteiger partial charge is 0.469 e. The Bertz CT molecular complexity index is 746. The number of rotatable bonds is 4. The molecule has 1 aliphatic rings. The van der Waals surface area contributed by atoms with Gasteiger partial charge in [-0.25, -0.2) is 4.98 Å².